The van der Waals surface area contributed by atoms with Gasteiger partial charge >= 0.3 is 0 Å². The Balaban J connectivity index is 4.46. The van der Waals surface area contributed by atoms with Crippen LogP contribution in [0.2, 0.25) is 0 Å². The maximum absolute atomic E-state index is 6.91. The molecule has 0 atom stereocenters. The smallest absolute Gasteiger partial charge is 0.113 e. The van der Waals surface area contributed by atoms with Crippen LogP contribution in [0.25, 0.3) is 0 Å². The van der Waals surface area contributed by atoms with Crippen LogP contribution >= 0.6 is 0 Å². The molecule has 2 heteroatoms. The summed E-state index contributed by atoms with van der Waals surface area (Å²) in [6.07, 6.45) is 4.82. The van der Waals surface area contributed by atoms with Gasteiger partial charge in [-0.25, -0.2) is 0 Å². The normalized spacial score (nSPS) is 12.9. The third kappa shape index (κ3) is 3.61. The van der Waals surface area contributed by atoms with Gasteiger partial charge in [0.1, 0.15) is 7.85 Å². The molecule has 1 N–H and O–H groups in total. The van der Waals surface area contributed by atoms with Gasteiger partial charge in [0, 0.05) is 6.21 Å². The van der Waals surface area contributed by atoms with Gasteiger partial charge in [-0.2, -0.15) is 0 Å². The second kappa shape index (κ2) is 4.72. The highest BCUT2D eigenvalue weighted by Gasteiger charge is 1.90. The molecule has 2 radical (unpaired) electrons. The molecule has 0 aliphatic rings. The first-order valence-corrected chi connectivity index (χ1v) is 3.41. The highest BCUT2D eigenvalue weighted by Crippen LogP contribution is 2.06. The molecule has 0 heterocycles. The molecule has 0 aromatic carbocycles. The zero-order valence-corrected chi connectivity index (χ0v) is 7.02. The van der Waals surface area contributed by atoms with E-state index >= 15 is 0 Å². The maximum Gasteiger partial charge on any atom is 0.113 e. The summed E-state index contributed by atoms with van der Waals surface area (Å²) in [6, 6.07) is 0. The van der Waals surface area contributed by atoms with Crippen molar-refractivity contribution < 1.29 is 0 Å². The Morgan fingerprint density at radius 2 is 2.09 bits per heavy atom. The molecule has 56 valence electrons. The maximum atomic E-state index is 6.91. The minimum atomic E-state index is 0.690. The van der Waals surface area contributed by atoms with E-state index in [1.807, 2.05) is 13.8 Å². The molecule has 0 aromatic heterocycles. The van der Waals surface area contributed by atoms with E-state index in [1.54, 1.807) is 12.2 Å². The molecule has 11 heavy (non-hydrogen) atoms. The monoisotopic (exact) mass is 145 g/mol. The molecule has 0 unspecified atom stereocenters. The van der Waals surface area contributed by atoms with Gasteiger partial charge in [0.2, 0.25) is 0 Å². The minimum Gasteiger partial charge on any atom is -0.308 e. The number of hydrogen-bond acceptors (Lipinski definition) is 1. The van der Waals surface area contributed by atoms with Gasteiger partial charge in [-0.3, -0.25) is 0 Å². The Bertz CT molecular complexity index is 224. The first-order valence-electron chi connectivity index (χ1n) is 3.41. The van der Waals surface area contributed by atoms with E-state index in [-0.39, 0.29) is 0 Å². The molecule has 0 saturated carbocycles. The van der Waals surface area contributed by atoms with Crippen LogP contribution < -0.4 is 0 Å². The summed E-state index contributed by atoms with van der Waals surface area (Å²) in [4.78, 5) is 0. The third-order valence-electron chi connectivity index (χ3n) is 1.40. The van der Waals surface area contributed by atoms with E-state index in [2.05, 4.69) is 6.58 Å². The first kappa shape index (κ1) is 9.95. The van der Waals surface area contributed by atoms with Crippen molar-refractivity contribution in [2.45, 2.75) is 13.8 Å². The Labute approximate surface area is 69.4 Å². The summed E-state index contributed by atoms with van der Waals surface area (Å²) < 4.78 is 0. The van der Waals surface area contributed by atoms with Crippen molar-refractivity contribution in [1.29, 1.82) is 5.41 Å². The lowest BCUT2D eigenvalue weighted by molar-refractivity contribution is 1.44. The van der Waals surface area contributed by atoms with Gasteiger partial charge in [-0.15, -0.1) is 5.47 Å². The lowest BCUT2D eigenvalue weighted by Gasteiger charge is -1.98. The summed E-state index contributed by atoms with van der Waals surface area (Å²) in [6.45, 7) is 7.41. The predicted octanol–water partition coefficient (Wildman–Crippen LogP) is 2.21. The minimum absolute atomic E-state index is 0.690. The largest absolute Gasteiger partial charge is 0.308 e. The third-order valence-corrected chi connectivity index (χ3v) is 1.40. The van der Waals surface area contributed by atoms with Crippen LogP contribution in [0, 0.1) is 5.41 Å². The second-order valence-electron chi connectivity index (χ2n) is 2.29. The highest BCUT2D eigenvalue weighted by molar-refractivity contribution is 6.23. The summed E-state index contributed by atoms with van der Waals surface area (Å²) in [5, 5.41) is 6.91. The summed E-state index contributed by atoms with van der Waals surface area (Å²) >= 11 is 0. The standard InChI is InChI=1S/C9H12BN/c1-4-9(10)5-7(2)8(3)6-11/h4-6,11H,3H2,1-2H3/b7-5+,9-4+,11-6?. The fourth-order valence-electron chi connectivity index (χ4n) is 0.540. The van der Waals surface area contributed by atoms with E-state index in [1.165, 1.54) is 6.21 Å². The summed E-state index contributed by atoms with van der Waals surface area (Å²) in [5.74, 6) is 0. The molecule has 0 bridgehead atoms. The van der Waals surface area contributed by atoms with Crippen molar-refractivity contribution in [2.24, 2.45) is 0 Å². The van der Waals surface area contributed by atoms with Crippen LogP contribution in [0.3, 0.4) is 0 Å². The second-order valence-corrected chi connectivity index (χ2v) is 2.29. The Hall–Kier alpha value is -1.05. The van der Waals surface area contributed by atoms with Gasteiger partial charge < -0.3 is 5.41 Å². The van der Waals surface area contributed by atoms with E-state index in [4.69, 9.17) is 13.3 Å². The van der Waals surface area contributed by atoms with E-state index in [0.29, 0.717) is 11.0 Å². The molecule has 0 amide bonds. The SMILES string of the molecule is [B]C(=C/C)/C=C(\C)C(=C)C=N. The van der Waals surface area contributed by atoms with Crippen LogP contribution in [0.1, 0.15) is 13.8 Å². The number of rotatable bonds is 3. The fourth-order valence-corrected chi connectivity index (χ4v) is 0.540. The van der Waals surface area contributed by atoms with E-state index in [0.717, 1.165) is 5.57 Å². The summed E-state index contributed by atoms with van der Waals surface area (Å²) in [7, 11) is 5.53. The average Bonchev–Trinajstić information content (AvgIpc) is 2.02. The number of hydrogen-bond donors (Lipinski definition) is 1. The van der Waals surface area contributed by atoms with E-state index in [9.17, 15) is 0 Å². The Morgan fingerprint density at radius 3 is 2.45 bits per heavy atom. The zero-order valence-electron chi connectivity index (χ0n) is 7.02. The van der Waals surface area contributed by atoms with Crippen molar-refractivity contribution in [1.82, 2.24) is 0 Å². The number of nitrogens with one attached hydrogen (secondary N) is 1. The predicted molar refractivity (Wildman–Crippen MR) is 51.2 cm³/mol. The first-order chi connectivity index (χ1) is 5.11. The molecule has 0 aliphatic heterocycles. The van der Waals surface area contributed by atoms with Crippen molar-refractivity contribution in [2.75, 3.05) is 0 Å². The van der Waals surface area contributed by atoms with Gasteiger partial charge in [-0.1, -0.05) is 18.7 Å². The van der Waals surface area contributed by atoms with Gasteiger partial charge in [0.25, 0.3) is 0 Å². The molecule has 0 aliphatic carbocycles. The molecule has 0 rings (SSSR count). The van der Waals surface area contributed by atoms with Crippen LogP contribution in [0.15, 0.2) is 35.3 Å². The quantitative estimate of drug-likeness (QED) is 0.357. The lowest BCUT2D eigenvalue weighted by atomic mass is 9.92. The topological polar surface area (TPSA) is 23.9 Å². The van der Waals surface area contributed by atoms with E-state index < -0.39 is 0 Å². The fraction of sp³-hybridized carbons (Fsp3) is 0.222. The molecular formula is C9H12BN. The van der Waals surface area contributed by atoms with Crippen molar-refractivity contribution in [3.05, 3.63) is 35.3 Å². The summed E-state index contributed by atoms with van der Waals surface area (Å²) in [5.41, 5.74) is 2.32. The molecule has 0 fully saturated rings. The zero-order chi connectivity index (χ0) is 8.85. The average molecular weight is 145 g/mol. The van der Waals surface area contributed by atoms with Gasteiger partial charge in [0.15, 0.2) is 0 Å². The van der Waals surface area contributed by atoms with Crippen molar-refractivity contribution in [3.63, 3.8) is 0 Å². The lowest BCUT2D eigenvalue weighted by Crippen LogP contribution is -1.85. The molecule has 0 aromatic rings. The molecular weight excluding hydrogens is 133 g/mol. The van der Waals surface area contributed by atoms with Crippen LogP contribution in [-0.4, -0.2) is 14.1 Å². The molecule has 1 nitrogen and oxygen atoms in total. The Morgan fingerprint density at radius 1 is 1.55 bits per heavy atom. The van der Waals surface area contributed by atoms with Gasteiger partial charge in [-0.05, 0) is 25.0 Å². The van der Waals surface area contributed by atoms with Crippen LogP contribution in [0.4, 0.5) is 0 Å². The van der Waals surface area contributed by atoms with Gasteiger partial charge in [0.05, 0.1) is 0 Å². The van der Waals surface area contributed by atoms with Crippen LogP contribution in [0.5, 0.6) is 0 Å². The van der Waals surface area contributed by atoms with Crippen LogP contribution in [-0.2, 0) is 0 Å². The molecule has 0 saturated heterocycles. The molecule has 0 spiro atoms. The highest BCUT2D eigenvalue weighted by atomic mass is 14.3. The van der Waals surface area contributed by atoms with Crippen molar-refractivity contribution >= 4 is 14.1 Å². The Kier molecular flexibility index (Phi) is 4.27. The van der Waals surface area contributed by atoms with Crippen molar-refractivity contribution in [3.8, 4) is 0 Å². The number of allylic oxidation sites excluding steroid dienone is 5.